The third-order valence-corrected chi connectivity index (χ3v) is 4.13. The van der Waals surface area contributed by atoms with Gasteiger partial charge in [-0.2, -0.15) is 0 Å². The Kier molecular flexibility index (Phi) is 3.66. The Morgan fingerprint density at radius 2 is 2.05 bits per heavy atom. The summed E-state index contributed by atoms with van der Waals surface area (Å²) in [5.74, 6) is 0.959. The average Bonchev–Trinajstić information content (AvgIpc) is 2.77. The number of carbonyl (C=O) groups excluding carboxylic acids is 1. The third kappa shape index (κ3) is 2.52. The SMILES string of the molecule is CC(C)N1Cc2ccc(OC3CCNCC3)cc2C1=O. The topological polar surface area (TPSA) is 41.6 Å². The van der Waals surface area contributed by atoms with Crippen LogP contribution in [0.2, 0.25) is 0 Å². The zero-order chi connectivity index (χ0) is 14.1. The first-order chi connectivity index (χ1) is 9.65. The van der Waals surface area contributed by atoms with E-state index in [-0.39, 0.29) is 18.1 Å². The molecule has 0 spiro atoms. The Balaban J connectivity index is 1.75. The van der Waals surface area contributed by atoms with Gasteiger partial charge in [0, 0.05) is 18.2 Å². The lowest BCUT2D eigenvalue weighted by Gasteiger charge is -2.24. The highest BCUT2D eigenvalue weighted by Crippen LogP contribution is 2.29. The predicted octanol–water partition coefficient (Wildman–Crippen LogP) is 2.18. The first-order valence-electron chi connectivity index (χ1n) is 7.46. The minimum atomic E-state index is 0.130. The van der Waals surface area contributed by atoms with E-state index in [0.717, 1.165) is 49.4 Å². The molecule has 108 valence electrons. The number of nitrogens with one attached hydrogen (secondary N) is 1. The Morgan fingerprint density at radius 1 is 1.30 bits per heavy atom. The van der Waals surface area contributed by atoms with Crippen LogP contribution in [0, 0.1) is 0 Å². The molecule has 0 aromatic heterocycles. The van der Waals surface area contributed by atoms with Gasteiger partial charge in [0.1, 0.15) is 11.9 Å². The summed E-state index contributed by atoms with van der Waals surface area (Å²) < 4.78 is 6.01. The van der Waals surface area contributed by atoms with Crippen LogP contribution in [0.15, 0.2) is 18.2 Å². The molecule has 1 aromatic carbocycles. The van der Waals surface area contributed by atoms with E-state index in [4.69, 9.17) is 4.74 Å². The molecule has 0 unspecified atom stereocenters. The summed E-state index contributed by atoms with van der Waals surface area (Å²) in [5.41, 5.74) is 1.92. The molecule has 4 nitrogen and oxygen atoms in total. The Morgan fingerprint density at radius 3 is 2.75 bits per heavy atom. The van der Waals surface area contributed by atoms with Crippen LogP contribution < -0.4 is 10.1 Å². The number of piperidine rings is 1. The van der Waals surface area contributed by atoms with Gasteiger partial charge in [0.25, 0.3) is 5.91 Å². The first kappa shape index (κ1) is 13.4. The molecule has 1 aromatic rings. The van der Waals surface area contributed by atoms with Gasteiger partial charge in [-0.15, -0.1) is 0 Å². The van der Waals surface area contributed by atoms with E-state index in [0.29, 0.717) is 0 Å². The normalized spacial score (nSPS) is 19.6. The molecule has 1 saturated heterocycles. The number of amides is 1. The van der Waals surface area contributed by atoms with E-state index in [2.05, 4.69) is 19.2 Å². The van der Waals surface area contributed by atoms with Gasteiger partial charge in [0.05, 0.1) is 0 Å². The number of fused-ring (bicyclic) bond motifs is 1. The summed E-state index contributed by atoms with van der Waals surface area (Å²) in [6.07, 6.45) is 2.33. The van der Waals surface area contributed by atoms with Gasteiger partial charge in [-0.05, 0) is 57.5 Å². The van der Waals surface area contributed by atoms with Crippen LogP contribution in [0.1, 0.15) is 42.6 Å². The van der Waals surface area contributed by atoms with Crippen molar-refractivity contribution in [2.45, 2.75) is 45.4 Å². The number of benzene rings is 1. The monoisotopic (exact) mass is 274 g/mol. The second-order valence-corrected chi connectivity index (χ2v) is 5.91. The van der Waals surface area contributed by atoms with Gasteiger partial charge in [-0.1, -0.05) is 6.07 Å². The van der Waals surface area contributed by atoms with E-state index in [1.54, 1.807) is 0 Å². The highest BCUT2D eigenvalue weighted by Gasteiger charge is 2.29. The summed E-state index contributed by atoms with van der Waals surface area (Å²) in [6, 6.07) is 6.19. The summed E-state index contributed by atoms with van der Waals surface area (Å²) >= 11 is 0. The van der Waals surface area contributed by atoms with Crippen molar-refractivity contribution in [2.24, 2.45) is 0 Å². The van der Waals surface area contributed by atoms with E-state index in [1.807, 2.05) is 23.1 Å². The fraction of sp³-hybridized carbons (Fsp3) is 0.562. The smallest absolute Gasteiger partial charge is 0.254 e. The lowest BCUT2D eigenvalue weighted by Crippen LogP contribution is -2.34. The van der Waals surface area contributed by atoms with Crippen LogP contribution in [0.3, 0.4) is 0 Å². The van der Waals surface area contributed by atoms with Crippen molar-refractivity contribution >= 4 is 5.91 Å². The van der Waals surface area contributed by atoms with Gasteiger partial charge in [0.2, 0.25) is 0 Å². The van der Waals surface area contributed by atoms with Gasteiger partial charge in [0.15, 0.2) is 0 Å². The van der Waals surface area contributed by atoms with Crippen molar-refractivity contribution < 1.29 is 9.53 Å². The number of hydrogen-bond donors (Lipinski definition) is 1. The van der Waals surface area contributed by atoms with Gasteiger partial charge in [-0.3, -0.25) is 4.79 Å². The molecule has 1 N–H and O–H groups in total. The van der Waals surface area contributed by atoms with Crippen molar-refractivity contribution in [3.8, 4) is 5.75 Å². The molecule has 0 saturated carbocycles. The molecule has 0 bridgehead atoms. The fourth-order valence-electron chi connectivity index (χ4n) is 2.90. The molecular weight excluding hydrogens is 252 g/mol. The number of nitrogens with zero attached hydrogens (tertiary/aromatic N) is 1. The van der Waals surface area contributed by atoms with E-state index < -0.39 is 0 Å². The van der Waals surface area contributed by atoms with Crippen LogP contribution in [0.5, 0.6) is 5.75 Å². The standard InChI is InChI=1S/C16H22N2O2/c1-11(2)18-10-12-3-4-14(9-15(12)16(18)19)20-13-5-7-17-8-6-13/h3-4,9,11,13,17H,5-8,10H2,1-2H3. The van der Waals surface area contributed by atoms with Crippen molar-refractivity contribution in [3.63, 3.8) is 0 Å². The fourth-order valence-corrected chi connectivity index (χ4v) is 2.90. The van der Waals surface area contributed by atoms with Crippen LogP contribution in [0.4, 0.5) is 0 Å². The number of carbonyl (C=O) groups is 1. The zero-order valence-corrected chi connectivity index (χ0v) is 12.2. The maximum Gasteiger partial charge on any atom is 0.254 e. The predicted molar refractivity (Wildman–Crippen MR) is 78.0 cm³/mol. The Labute approximate surface area is 120 Å². The maximum absolute atomic E-state index is 12.3. The van der Waals surface area contributed by atoms with Crippen molar-refractivity contribution in [1.82, 2.24) is 10.2 Å². The first-order valence-corrected chi connectivity index (χ1v) is 7.46. The number of hydrogen-bond acceptors (Lipinski definition) is 3. The second-order valence-electron chi connectivity index (χ2n) is 5.91. The summed E-state index contributed by atoms with van der Waals surface area (Å²) in [5, 5.41) is 3.33. The quantitative estimate of drug-likeness (QED) is 0.918. The lowest BCUT2D eigenvalue weighted by molar-refractivity contribution is 0.0730. The molecule has 20 heavy (non-hydrogen) atoms. The second kappa shape index (κ2) is 5.44. The van der Waals surface area contributed by atoms with E-state index in [9.17, 15) is 4.79 Å². The van der Waals surface area contributed by atoms with Crippen LogP contribution in [0.25, 0.3) is 0 Å². The summed E-state index contributed by atoms with van der Waals surface area (Å²) in [4.78, 5) is 14.2. The lowest BCUT2D eigenvalue weighted by atomic mass is 10.1. The van der Waals surface area contributed by atoms with E-state index in [1.165, 1.54) is 0 Å². The molecule has 1 amide bonds. The number of ether oxygens (including phenoxy) is 1. The molecule has 1 fully saturated rings. The molecule has 0 radical (unpaired) electrons. The van der Waals surface area contributed by atoms with Gasteiger partial charge < -0.3 is 15.0 Å². The molecule has 0 atom stereocenters. The molecular formula is C16H22N2O2. The summed E-state index contributed by atoms with van der Waals surface area (Å²) in [7, 11) is 0. The Hall–Kier alpha value is -1.55. The van der Waals surface area contributed by atoms with Crippen molar-refractivity contribution in [1.29, 1.82) is 0 Å². The van der Waals surface area contributed by atoms with Crippen molar-refractivity contribution in [2.75, 3.05) is 13.1 Å². The largest absolute Gasteiger partial charge is 0.490 e. The van der Waals surface area contributed by atoms with Crippen molar-refractivity contribution in [3.05, 3.63) is 29.3 Å². The highest BCUT2D eigenvalue weighted by molar-refractivity contribution is 5.98. The highest BCUT2D eigenvalue weighted by atomic mass is 16.5. The number of rotatable bonds is 3. The molecule has 2 aliphatic rings. The van der Waals surface area contributed by atoms with Crippen LogP contribution >= 0.6 is 0 Å². The average molecular weight is 274 g/mol. The molecule has 2 heterocycles. The van der Waals surface area contributed by atoms with E-state index >= 15 is 0 Å². The minimum Gasteiger partial charge on any atom is -0.490 e. The molecule has 2 aliphatic heterocycles. The van der Waals surface area contributed by atoms with Gasteiger partial charge in [-0.25, -0.2) is 0 Å². The summed E-state index contributed by atoms with van der Waals surface area (Å²) in [6.45, 7) is 6.84. The minimum absolute atomic E-state index is 0.130. The van der Waals surface area contributed by atoms with Crippen LogP contribution in [-0.4, -0.2) is 36.0 Å². The third-order valence-electron chi connectivity index (χ3n) is 4.13. The molecule has 4 heteroatoms. The molecule has 3 rings (SSSR count). The molecule has 0 aliphatic carbocycles. The van der Waals surface area contributed by atoms with Crippen LogP contribution in [-0.2, 0) is 6.54 Å². The zero-order valence-electron chi connectivity index (χ0n) is 12.2. The Bertz CT molecular complexity index is 507. The van der Waals surface area contributed by atoms with Gasteiger partial charge >= 0.3 is 0 Å². The maximum atomic E-state index is 12.3.